The lowest BCUT2D eigenvalue weighted by molar-refractivity contribution is -0.137. The molecule has 0 aromatic heterocycles. The lowest BCUT2D eigenvalue weighted by Gasteiger charge is -2.33. The van der Waals surface area contributed by atoms with Crippen molar-refractivity contribution in [2.24, 2.45) is 5.92 Å². The Kier molecular flexibility index (Phi) is 4.70. The molecule has 1 aromatic carbocycles. The molecule has 0 spiro atoms. The largest absolute Gasteiger partial charge is 0.496 e. The van der Waals surface area contributed by atoms with Crippen LogP contribution in [0.3, 0.4) is 0 Å². The number of carbonyl (C=O) groups is 1. The number of aryl methyl sites for hydroxylation is 1. The molecule has 1 aliphatic heterocycles. The molecule has 0 unspecified atom stereocenters. The van der Waals surface area contributed by atoms with Crippen molar-refractivity contribution in [3.63, 3.8) is 0 Å². The molecule has 1 aliphatic carbocycles. The number of methoxy groups -OCH3 is 1. The molecule has 2 aliphatic rings. The maximum absolute atomic E-state index is 12.7. The SMILES string of the molecule is CCc1cc2c(cc1OC)CCN(C(=O)C1CCCCC1)C2. The van der Waals surface area contributed by atoms with Crippen molar-refractivity contribution in [2.75, 3.05) is 13.7 Å². The molecule has 120 valence electrons. The summed E-state index contributed by atoms with van der Waals surface area (Å²) in [6.45, 7) is 3.79. The molecule has 3 heteroatoms. The minimum atomic E-state index is 0.277. The van der Waals surface area contributed by atoms with Crippen molar-refractivity contribution in [1.29, 1.82) is 0 Å². The Morgan fingerprint density at radius 2 is 2.00 bits per heavy atom. The van der Waals surface area contributed by atoms with Crippen molar-refractivity contribution in [2.45, 2.75) is 58.4 Å². The lowest BCUT2D eigenvalue weighted by Crippen LogP contribution is -2.40. The minimum Gasteiger partial charge on any atom is -0.496 e. The first-order valence-electron chi connectivity index (χ1n) is 8.70. The number of rotatable bonds is 3. The fraction of sp³-hybridized carbons (Fsp3) is 0.632. The van der Waals surface area contributed by atoms with E-state index in [1.165, 1.54) is 36.0 Å². The number of amides is 1. The van der Waals surface area contributed by atoms with Gasteiger partial charge in [0.1, 0.15) is 5.75 Å². The number of hydrogen-bond acceptors (Lipinski definition) is 2. The van der Waals surface area contributed by atoms with E-state index in [-0.39, 0.29) is 5.92 Å². The van der Waals surface area contributed by atoms with E-state index >= 15 is 0 Å². The van der Waals surface area contributed by atoms with Crippen LogP contribution in [-0.2, 0) is 24.2 Å². The summed E-state index contributed by atoms with van der Waals surface area (Å²) in [5.41, 5.74) is 3.91. The molecule has 22 heavy (non-hydrogen) atoms. The summed E-state index contributed by atoms with van der Waals surface area (Å²) in [6, 6.07) is 4.42. The summed E-state index contributed by atoms with van der Waals surface area (Å²) >= 11 is 0. The van der Waals surface area contributed by atoms with Crippen LogP contribution >= 0.6 is 0 Å². The van der Waals surface area contributed by atoms with Crippen molar-refractivity contribution in [3.05, 3.63) is 28.8 Å². The number of carbonyl (C=O) groups excluding carboxylic acids is 1. The van der Waals surface area contributed by atoms with Crippen LogP contribution in [0.25, 0.3) is 0 Å². The molecule has 0 atom stereocenters. The quantitative estimate of drug-likeness (QED) is 0.851. The zero-order valence-corrected chi connectivity index (χ0v) is 13.9. The van der Waals surface area contributed by atoms with Crippen LogP contribution in [0.5, 0.6) is 5.75 Å². The van der Waals surface area contributed by atoms with E-state index in [1.807, 2.05) is 0 Å². The highest BCUT2D eigenvalue weighted by Gasteiger charge is 2.28. The summed E-state index contributed by atoms with van der Waals surface area (Å²) in [5, 5.41) is 0. The Morgan fingerprint density at radius 3 is 2.68 bits per heavy atom. The molecule has 1 aromatic rings. The highest BCUT2D eigenvalue weighted by Crippen LogP contribution is 2.31. The van der Waals surface area contributed by atoms with Gasteiger partial charge in [0, 0.05) is 19.0 Å². The van der Waals surface area contributed by atoms with Crippen LogP contribution in [0.2, 0.25) is 0 Å². The van der Waals surface area contributed by atoms with E-state index in [0.29, 0.717) is 5.91 Å². The second-order valence-electron chi connectivity index (χ2n) is 6.63. The van der Waals surface area contributed by atoms with Gasteiger partial charge in [-0.1, -0.05) is 32.3 Å². The molecule has 1 fully saturated rings. The Labute approximate surface area is 133 Å². The maximum atomic E-state index is 12.7. The summed E-state index contributed by atoms with van der Waals surface area (Å²) < 4.78 is 5.49. The van der Waals surface area contributed by atoms with Crippen LogP contribution in [0, 0.1) is 5.92 Å². The van der Waals surface area contributed by atoms with Gasteiger partial charge in [-0.3, -0.25) is 4.79 Å². The molecule has 1 saturated carbocycles. The molecule has 1 heterocycles. The van der Waals surface area contributed by atoms with Crippen LogP contribution in [0.1, 0.15) is 55.7 Å². The van der Waals surface area contributed by atoms with Gasteiger partial charge in [0.05, 0.1) is 7.11 Å². The molecule has 0 N–H and O–H groups in total. The third kappa shape index (κ3) is 2.99. The highest BCUT2D eigenvalue weighted by atomic mass is 16.5. The Balaban J connectivity index is 1.76. The zero-order valence-electron chi connectivity index (χ0n) is 13.9. The first kappa shape index (κ1) is 15.4. The Morgan fingerprint density at radius 1 is 1.23 bits per heavy atom. The van der Waals surface area contributed by atoms with Gasteiger partial charge in [-0.15, -0.1) is 0 Å². The van der Waals surface area contributed by atoms with Crippen molar-refractivity contribution in [3.8, 4) is 5.75 Å². The first-order chi connectivity index (χ1) is 10.7. The Hall–Kier alpha value is -1.51. The Bertz CT molecular complexity index is 547. The van der Waals surface area contributed by atoms with Gasteiger partial charge in [0.15, 0.2) is 0 Å². The molecule has 3 nitrogen and oxygen atoms in total. The first-order valence-corrected chi connectivity index (χ1v) is 8.70. The number of nitrogens with zero attached hydrogens (tertiary/aromatic N) is 1. The van der Waals surface area contributed by atoms with E-state index < -0.39 is 0 Å². The standard InChI is InChI=1S/C19H27NO2/c1-3-14-11-17-13-20(10-9-16(17)12-18(14)22-2)19(21)15-7-5-4-6-8-15/h11-12,15H,3-10,13H2,1-2H3. The van der Waals surface area contributed by atoms with Gasteiger partial charge in [0.25, 0.3) is 0 Å². The fourth-order valence-electron chi connectivity index (χ4n) is 3.90. The molecule has 0 bridgehead atoms. The van der Waals surface area contributed by atoms with E-state index in [4.69, 9.17) is 4.74 Å². The minimum absolute atomic E-state index is 0.277. The summed E-state index contributed by atoms with van der Waals surface area (Å²) in [4.78, 5) is 14.8. The second kappa shape index (κ2) is 6.72. The number of hydrogen-bond donors (Lipinski definition) is 0. The van der Waals surface area contributed by atoms with Crippen LogP contribution < -0.4 is 4.74 Å². The van der Waals surface area contributed by atoms with E-state index in [2.05, 4.69) is 24.0 Å². The predicted octanol–water partition coefficient (Wildman–Crippen LogP) is 3.72. The molecular weight excluding hydrogens is 274 g/mol. The maximum Gasteiger partial charge on any atom is 0.225 e. The predicted molar refractivity (Wildman–Crippen MR) is 88.1 cm³/mol. The van der Waals surface area contributed by atoms with E-state index in [1.54, 1.807) is 7.11 Å². The number of ether oxygens (including phenoxy) is 1. The van der Waals surface area contributed by atoms with Gasteiger partial charge in [-0.25, -0.2) is 0 Å². The van der Waals surface area contributed by atoms with Crippen LogP contribution in [0.15, 0.2) is 12.1 Å². The monoisotopic (exact) mass is 301 g/mol. The summed E-state index contributed by atoms with van der Waals surface area (Å²) in [6.07, 6.45) is 7.83. The molecule has 0 radical (unpaired) electrons. The zero-order chi connectivity index (χ0) is 15.5. The summed E-state index contributed by atoms with van der Waals surface area (Å²) in [5.74, 6) is 1.66. The topological polar surface area (TPSA) is 29.5 Å². The van der Waals surface area contributed by atoms with Gasteiger partial charge in [0.2, 0.25) is 5.91 Å². The molecule has 0 saturated heterocycles. The van der Waals surface area contributed by atoms with Gasteiger partial charge in [-0.05, 0) is 48.4 Å². The summed E-state index contributed by atoms with van der Waals surface area (Å²) in [7, 11) is 1.74. The molecule has 3 rings (SSSR count). The van der Waals surface area contributed by atoms with E-state index in [0.717, 1.165) is 44.5 Å². The van der Waals surface area contributed by atoms with Crippen molar-refractivity contribution >= 4 is 5.91 Å². The highest BCUT2D eigenvalue weighted by molar-refractivity contribution is 5.79. The molecular formula is C19H27NO2. The second-order valence-corrected chi connectivity index (χ2v) is 6.63. The van der Waals surface area contributed by atoms with Gasteiger partial charge < -0.3 is 9.64 Å². The van der Waals surface area contributed by atoms with Gasteiger partial charge in [-0.2, -0.15) is 0 Å². The normalized spacial score (nSPS) is 18.9. The number of benzene rings is 1. The van der Waals surface area contributed by atoms with E-state index in [9.17, 15) is 4.79 Å². The average Bonchev–Trinajstić information content (AvgIpc) is 2.60. The van der Waals surface area contributed by atoms with Crippen molar-refractivity contribution in [1.82, 2.24) is 4.90 Å². The fourth-order valence-corrected chi connectivity index (χ4v) is 3.90. The lowest BCUT2D eigenvalue weighted by atomic mass is 9.87. The van der Waals surface area contributed by atoms with Gasteiger partial charge >= 0.3 is 0 Å². The number of fused-ring (bicyclic) bond motifs is 1. The van der Waals surface area contributed by atoms with Crippen LogP contribution in [0.4, 0.5) is 0 Å². The molecule has 1 amide bonds. The van der Waals surface area contributed by atoms with Crippen LogP contribution in [-0.4, -0.2) is 24.5 Å². The smallest absolute Gasteiger partial charge is 0.225 e. The third-order valence-electron chi connectivity index (χ3n) is 5.26. The third-order valence-corrected chi connectivity index (χ3v) is 5.26. The average molecular weight is 301 g/mol. The van der Waals surface area contributed by atoms with Crippen molar-refractivity contribution < 1.29 is 9.53 Å².